The fourth-order valence-corrected chi connectivity index (χ4v) is 5.22. The Labute approximate surface area is 287 Å². The van der Waals surface area contributed by atoms with Crippen LogP contribution in [0.4, 0.5) is 8.78 Å². The number of aliphatic imine (C=N–C) groups is 1. The van der Waals surface area contributed by atoms with Crippen LogP contribution in [0.5, 0.6) is 0 Å². The first-order valence-electron chi connectivity index (χ1n) is 16.3. The Morgan fingerprint density at radius 2 is 1.71 bits per heavy atom. The molecule has 0 radical (unpaired) electrons. The molecular weight excluding hydrogens is 634 g/mol. The Morgan fingerprint density at radius 1 is 1.04 bits per heavy atom. The van der Waals surface area contributed by atoms with Crippen LogP contribution in [0.3, 0.4) is 0 Å². The molecule has 262 valence electrons. The average molecular weight is 685 g/mol. The predicted octanol–water partition coefficient (Wildman–Crippen LogP) is 6.35. The van der Waals surface area contributed by atoms with Crippen molar-refractivity contribution in [2.24, 2.45) is 22.2 Å². The highest BCUT2D eigenvalue weighted by Gasteiger charge is 2.24. The number of rotatable bonds is 11. The number of hydrogen-bond donors (Lipinski definition) is 5. The summed E-state index contributed by atoms with van der Waals surface area (Å²) in [6, 6.07) is 11.6. The minimum Gasteiger partial charge on any atom is -0.370 e. The van der Waals surface area contributed by atoms with Crippen LogP contribution in [0.15, 0.2) is 52.4 Å². The molecule has 4 rings (SSSR count). The molecule has 2 aromatic carbocycles. The van der Waals surface area contributed by atoms with Crippen LogP contribution in [0, 0.1) is 11.6 Å². The summed E-state index contributed by atoms with van der Waals surface area (Å²) in [4.78, 5) is 23.9. The summed E-state index contributed by atoms with van der Waals surface area (Å²) >= 11 is 5.76. The van der Waals surface area contributed by atoms with Crippen LogP contribution < -0.4 is 28.2 Å². The van der Waals surface area contributed by atoms with Crippen molar-refractivity contribution in [2.45, 2.75) is 97.6 Å². The Kier molecular flexibility index (Phi) is 13.3. The number of aromatic nitrogens is 3. The Bertz CT molecular complexity index is 1750. The van der Waals surface area contributed by atoms with Gasteiger partial charge in [-0.25, -0.2) is 13.6 Å². The maximum Gasteiger partial charge on any atom is 0.354 e. The molecule has 2 heterocycles. The van der Waals surface area contributed by atoms with Crippen LogP contribution in [0.1, 0.15) is 90.1 Å². The van der Waals surface area contributed by atoms with Crippen molar-refractivity contribution < 1.29 is 8.78 Å². The van der Waals surface area contributed by atoms with Crippen molar-refractivity contribution in [3.63, 3.8) is 0 Å². The van der Waals surface area contributed by atoms with E-state index in [-0.39, 0.29) is 23.1 Å². The first kappa shape index (κ1) is 38.6. The number of hydrogen-bond acceptors (Lipinski definition) is 5. The van der Waals surface area contributed by atoms with Gasteiger partial charge in [0.2, 0.25) is 0 Å². The quantitative estimate of drug-likeness (QED) is 0.0537. The lowest BCUT2D eigenvalue weighted by Crippen LogP contribution is -2.23. The van der Waals surface area contributed by atoms with Gasteiger partial charge < -0.3 is 27.5 Å². The number of nitrogens with two attached hydrogens (primary N) is 3. The van der Waals surface area contributed by atoms with Gasteiger partial charge in [0.1, 0.15) is 22.3 Å². The van der Waals surface area contributed by atoms with Gasteiger partial charge in [-0.2, -0.15) is 4.98 Å². The van der Waals surface area contributed by atoms with Crippen LogP contribution >= 0.6 is 11.6 Å². The van der Waals surface area contributed by atoms with E-state index in [0.717, 1.165) is 54.7 Å². The van der Waals surface area contributed by atoms with Crippen molar-refractivity contribution >= 4 is 28.6 Å². The summed E-state index contributed by atoms with van der Waals surface area (Å²) in [6.45, 7) is 16.1. The second kappa shape index (κ2) is 16.5. The molecule has 12 heteroatoms. The van der Waals surface area contributed by atoms with E-state index in [4.69, 9.17) is 28.8 Å². The van der Waals surface area contributed by atoms with E-state index in [0.29, 0.717) is 29.7 Å². The molecule has 0 aliphatic rings. The molecule has 0 saturated carbocycles. The summed E-state index contributed by atoms with van der Waals surface area (Å²) in [5.74, 6) is -1.17. The molecule has 0 aliphatic carbocycles. The van der Waals surface area contributed by atoms with Crippen molar-refractivity contribution in [2.75, 3.05) is 13.1 Å². The lowest BCUT2D eigenvalue weighted by molar-refractivity contribution is 0.505. The zero-order valence-electron chi connectivity index (χ0n) is 29.2. The van der Waals surface area contributed by atoms with Crippen molar-refractivity contribution in [3.8, 4) is 5.69 Å². The Morgan fingerprint density at radius 3 is 2.29 bits per heavy atom. The number of aryl methyl sites for hydroxylation is 1. The Balaban J connectivity index is 0.000000286. The van der Waals surface area contributed by atoms with E-state index >= 15 is 0 Å². The number of halogens is 3. The van der Waals surface area contributed by atoms with Crippen LogP contribution in [0.25, 0.3) is 16.7 Å². The minimum atomic E-state index is -0.650. The van der Waals surface area contributed by atoms with Crippen LogP contribution in [0.2, 0.25) is 5.02 Å². The first-order valence-corrected chi connectivity index (χ1v) is 16.7. The predicted molar refractivity (Wildman–Crippen MR) is 194 cm³/mol. The van der Waals surface area contributed by atoms with E-state index in [2.05, 4.69) is 47.1 Å². The lowest BCUT2D eigenvalue weighted by atomic mass is 9.85. The molecule has 0 fully saturated rings. The van der Waals surface area contributed by atoms with Crippen LogP contribution in [-0.2, 0) is 23.8 Å². The van der Waals surface area contributed by atoms with E-state index in [1.807, 2.05) is 58.2 Å². The summed E-state index contributed by atoms with van der Waals surface area (Å²) < 4.78 is 29.5. The van der Waals surface area contributed by atoms with Gasteiger partial charge in [-0.3, -0.25) is 9.56 Å². The topological polar surface area (TPSA) is 153 Å². The normalized spacial score (nSPS) is 12.5. The van der Waals surface area contributed by atoms with Gasteiger partial charge in [0, 0.05) is 41.8 Å². The van der Waals surface area contributed by atoms with Gasteiger partial charge in [0.05, 0.1) is 5.69 Å². The number of nitrogens with zero attached hydrogens (tertiary/aromatic N) is 3. The fraction of sp³-hybridized carbons (Fsp3) is 0.472. The van der Waals surface area contributed by atoms with Gasteiger partial charge in [0.25, 0.3) is 0 Å². The maximum absolute atomic E-state index is 14.0. The summed E-state index contributed by atoms with van der Waals surface area (Å²) in [5.41, 5.74) is 20.0. The van der Waals surface area contributed by atoms with Crippen molar-refractivity contribution in [3.05, 3.63) is 92.1 Å². The summed E-state index contributed by atoms with van der Waals surface area (Å²) in [7, 11) is 0. The molecule has 8 N–H and O–H groups in total. The molecule has 0 unspecified atom stereocenters. The molecule has 9 nitrogen and oxygen atoms in total. The van der Waals surface area contributed by atoms with E-state index in [9.17, 15) is 13.6 Å². The zero-order valence-corrected chi connectivity index (χ0v) is 29.9. The number of benzene rings is 2. The molecular formula is C36H51ClF2N8O. The molecule has 4 aromatic rings. The van der Waals surface area contributed by atoms with Crippen molar-refractivity contribution in [1.82, 2.24) is 19.9 Å². The number of guanidine groups is 1. The Hall–Kier alpha value is -3.80. The lowest BCUT2D eigenvalue weighted by Gasteiger charge is -2.22. The van der Waals surface area contributed by atoms with Gasteiger partial charge in [-0.05, 0) is 85.5 Å². The van der Waals surface area contributed by atoms with Crippen molar-refractivity contribution in [1.29, 1.82) is 0 Å². The molecule has 48 heavy (non-hydrogen) atoms. The molecule has 1 atom stereocenters. The smallest absolute Gasteiger partial charge is 0.354 e. The van der Waals surface area contributed by atoms with Gasteiger partial charge in [-0.1, -0.05) is 65.3 Å². The maximum atomic E-state index is 14.0. The highest BCUT2D eigenvalue weighted by Crippen LogP contribution is 2.33. The van der Waals surface area contributed by atoms with E-state index in [1.165, 1.54) is 0 Å². The summed E-state index contributed by atoms with van der Waals surface area (Å²) in [5, 5.41) is 3.87. The molecule has 2 aromatic heterocycles. The van der Waals surface area contributed by atoms with Gasteiger partial charge >= 0.3 is 5.69 Å². The number of fused-ring (bicyclic) bond motifs is 1. The molecule has 0 amide bonds. The van der Waals surface area contributed by atoms with Crippen LogP contribution in [-0.4, -0.2) is 39.6 Å². The standard InChI is InChI=1S/C21H29N7O.C15H22ClF2N/c1-21(2,3)17-11-15-13-28(20(29)27-18(15)26-17)16-7-5-14(6-8-16)12-24-9-4-10-25-19(22)23;1-9(19)6-5-7-10-8-11(15(2,3)4)14(18)12(16)13(10)17/h5-8,11,13,24H,4,9-10,12H2,1-3H3,(H4,22,23,25)(H,26,27,29);8-9H,5-7,19H2,1-4H3/t;9-/m.0/s1. The minimum absolute atomic E-state index is 0.0352. The number of H-pyrrole nitrogens is 1. The highest BCUT2D eigenvalue weighted by molar-refractivity contribution is 6.31. The molecule has 0 saturated heterocycles. The van der Waals surface area contributed by atoms with Gasteiger partial charge in [-0.15, -0.1) is 0 Å². The molecule has 0 aliphatic heterocycles. The third-order valence-corrected chi connectivity index (χ3v) is 8.13. The molecule has 0 bridgehead atoms. The fourth-order valence-electron chi connectivity index (χ4n) is 5.00. The van der Waals surface area contributed by atoms with E-state index in [1.54, 1.807) is 10.6 Å². The highest BCUT2D eigenvalue weighted by atomic mass is 35.5. The number of nitrogens with one attached hydrogen (secondary N) is 2. The third kappa shape index (κ3) is 10.9. The second-order valence-electron chi connectivity index (χ2n) is 14.3. The third-order valence-electron chi connectivity index (χ3n) is 7.80. The second-order valence-corrected chi connectivity index (χ2v) is 14.7. The van der Waals surface area contributed by atoms with E-state index < -0.39 is 22.1 Å². The summed E-state index contributed by atoms with van der Waals surface area (Å²) in [6.07, 6.45) is 4.80. The number of aromatic amines is 1. The average Bonchev–Trinajstić information content (AvgIpc) is 3.42. The monoisotopic (exact) mass is 684 g/mol. The SMILES string of the molecule is CC(C)(C)c1cc2cn(-c3ccc(CNCCCN=C(N)N)cc3)c(=O)nc2[nH]1.C[C@H](N)CCCc1cc(C(C)(C)C)c(F)c(Cl)c1F. The molecule has 0 spiro atoms. The zero-order chi connectivity index (χ0) is 35.8. The first-order chi connectivity index (χ1) is 22.4. The largest absolute Gasteiger partial charge is 0.370 e. The van der Waals surface area contributed by atoms with Gasteiger partial charge in [0.15, 0.2) is 5.96 Å².